The van der Waals surface area contributed by atoms with Gasteiger partial charge in [0.25, 0.3) is 0 Å². The van der Waals surface area contributed by atoms with E-state index in [0.717, 1.165) is 18.9 Å². The van der Waals surface area contributed by atoms with Crippen LogP contribution in [0.2, 0.25) is 0 Å². The topological polar surface area (TPSA) is 55.4 Å². The zero-order valence-electron chi connectivity index (χ0n) is 9.58. The van der Waals surface area contributed by atoms with E-state index in [2.05, 4.69) is 5.32 Å². The van der Waals surface area contributed by atoms with Crippen LogP contribution in [0, 0.1) is 0 Å². The van der Waals surface area contributed by atoms with Gasteiger partial charge in [-0.05, 0) is 20.3 Å². The number of ether oxygens (including phenoxy) is 1. The predicted octanol–water partition coefficient (Wildman–Crippen LogP) is 1.41. The summed E-state index contributed by atoms with van der Waals surface area (Å²) in [7, 11) is 0. The van der Waals surface area contributed by atoms with Gasteiger partial charge in [-0.25, -0.2) is 4.79 Å². The predicted molar refractivity (Wildman–Crippen MR) is 58.3 cm³/mol. The zero-order chi connectivity index (χ0) is 11.7. The van der Waals surface area contributed by atoms with E-state index in [1.807, 2.05) is 20.8 Å². The lowest BCUT2D eigenvalue weighted by Crippen LogP contribution is -2.28. The van der Waals surface area contributed by atoms with Crippen LogP contribution in [-0.2, 0) is 14.3 Å². The van der Waals surface area contributed by atoms with Crippen LogP contribution in [0.15, 0.2) is 12.2 Å². The molecule has 0 saturated carbocycles. The van der Waals surface area contributed by atoms with E-state index in [9.17, 15) is 9.59 Å². The number of hydrogen-bond acceptors (Lipinski definition) is 3. The second kappa shape index (κ2) is 8.03. The minimum atomic E-state index is -0.470. The number of hydrogen-bond donors (Lipinski definition) is 1. The first-order valence-corrected chi connectivity index (χ1v) is 5.21. The second-order valence-corrected chi connectivity index (χ2v) is 3.52. The van der Waals surface area contributed by atoms with Crippen LogP contribution in [0.5, 0.6) is 0 Å². The molecule has 0 aliphatic carbocycles. The molecule has 0 atom stereocenters. The summed E-state index contributed by atoms with van der Waals surface area (Å²) in [5.41, 5.74) is 0. The Labute approximate surface area is 90.7 Å². The molecule has 4 nitrogen and oxygen atoms in total. The van der Waals surface area contributed by atoms with Crippen molar-refractivity contribution in [2.24, 2.45) is 0 Å². The summed E-state index contributed by atoms with van der Waals surface area (Å²) < 4.78 is 4.83. The number of carbonyl (C=O) groups is 2. The average Bonchev–Trinajstić information content (AvgIpc) is 2.14. The van der Waals surface area contributed by atoms with E-state index in [4.69, 9.17) is 4.74 Å². The SMILES string of the molecule is CCCCOC(=O)C=CC(=O)NC(C)C. The van der Waals surface area contributed by atoms with Gasteiger partial charge in [-0.1, -0.05) is 13.3 Å². The molecule has 0 aromatic rings. The Kier molecular flexibility index (Phi) is 7.32. The summed E-state index contributed by atoms with van der Waals surface area (Å²) in [5.74, 6) is -0.750. The summed E-state index contributed by atoms with van der Waals surface area (Å²) >= 11 is 0. The van der Waals surface area contributed by atoms with Gasteiger partial charge in [-0.3, -0.25) is 4.79 Å². The van der Waals surface area contributed by atoms with Crippen LogP contribution >= 0.6 is 0 Å². The highest BCUT2D eigenvalue weighted by Crippen LogP contribution is 1.90. The Morgan fingerprint density at radius 2 is 2.00 bits per heavy atom. The van der Waals surface area contributed by atoms with E-state index < -0.39 is 5.97 Å². The summed E-state index contributed by atoms with van der Waals surface area (Å²) in [4.78, 5) is 22.1. The maximum absolute atomic E-state index is 11.1. The van der Waals surface area contributed by atoms with Gasteiger partial charge in [-0.2, -0.15) is 0 Å². The molecule has 4 heteroatoms. The van der Waals surface area contributed by atoms with Crippen molar-refractivity contribution in [1.29, 1.82) is 0 Å². The van der Waals surface area contributed by atoms with Crippen molar-refractivity contribution in [2.75, 3.05) is 6.61 Å². The molecule has 86 valence electrons. The summed E-state index contributed by atoms with van der Waals surface area (Å²) in [6.07, 6.45) is 4.16. The Morgan fingerprint density at radius 3 is 2.53 bits per heavy atom. The van der Waals surface area contributed by atoms with Crippen LogP contribution < -0.4 is 5.32 Å². The van der Waals surface area contributed by atoms with Gasteiger partial charge < -0.3 is 10.1 Å². The average molecular weight is 213 g/mol. The zero-order valence-corrected chi connectivity index (χ0v) is 9.58. The van der Waals surface area contributed by atoms with Gasteiger partial charge in [0, 0.05) is 18.2 Å². The largest absolute Gasteiger partial charge is 0.463 e. The lowest BCUT2D eigenvalue weighted by atomic mass is 10.3. The van der Waals surface area contributed by atoms with Gasteiger partial charge >= 0.3 is 5.97 Å². The number of amides is 1. The molecule has 15 heavy (non-hydrogen) atoms. The van der Waals surface area contributed by atoms with Crippen molar-refractivity contribution >= 4 is 11.9 Å². The summed E-state index contributed by atoms with van der Waals surface area (Å²) in [6.45, 7) is 6.13. The van der Waals surface area contributed by atoms with Gasteiger partial charge in [0.15, 0.2) is 0 Å². The minimum Gasteiger partial charge on any atom is -0.463 e. The lowest BCUT2D eigenvalue weighted by molar-refractivity contribution is -0.138. The summed E-state index contributed by atoms with van der Waals surface area (Å²) in [5, 5.41) is 2.63. The Hall–Kier alpha value is -1.32. The number of carbonyl (C=O) groups excluding carboxylic acids is 2. The van der Waals surface area contributed by atoms with Crippen molar-refractivity contribution in [3.05, 3.63) is 12.2 Å². The smallest absolute Gasteiger partial charge is 0.330 e. The Bertz CT molecular complexity index is 234. The van der Waals surface area contributed by atoms with Crippen LogP contribution in [-0.4, -0.2) is 24.5 Å². The molecule has 1 amide bonds. The molecule has 0 bridgehead atoms. The van der Waals surface area contributed by atoms with Crippen LogP contribution in [0.3, 0.4) is 0 Å². The van der Waals surface area contributed by atoms with E-state index in [0.29, 0.717) is 6.61 Å². The highest BCUT2D eigenvalue weighted by Gasteiger charge is 2.00. The number of nitrogens with one attached hydrogen (secondary N) is 1. The van der Waals surface area contributed by atoms with Gasteiger partial charge in [0.1, 0.15) is 0 Å². The van der Waals surface area contributed by atoms with E-state index in [1.54, 1.807) is 0 Å². The van der Waals surface area contributed by atoms with Gasteiger partial charge in [-0.15, -0.1) is 0 Å². The molecule has 0 saturated heterocycles. The van der Waals surface area contributed by atoms with E-state index in [1.165, 1.54) is 6.08 Å². The molecule has 0 aromatic heterocycles. The molecular weight excluding hydrogens is 194 g/mol. The molecule has 0 unspecified atom stereocenters. The highest BCUT2D eigenvalue weighted by atomic mass is 16.5. The third-order valence-electron chi connectivity index (χ3n) is 1.54. The third-order valence-corrected chi connectivity index (χ3v) is 1.54. The van der Waals surface area contributed by atoms with Crippen molar-refractivity contribution < 1.29 is 14.3 Å². The summed E-state index contributed by atoms with van der Waals surface area (Å²) in [6, 6.07) is 0.0678. The fourth-order valence-electron chi connectivity index (χ4n) is 0.842. The molecule has 0 aliphatic heterocycles. The molecule has 0 fully saturated rings. The number of rotatable bonds is 6. The number of unbranched alkanes of at least 4 members (excludes halogenated alkanes) is 1. The molecule has 0 aliphatic rings. The Balaban J connectivity index is 3.74. The fourth-order valence-corrected chi connectivity index (χ4v) is 0.842. The fraction of sp³-hybridized carbons (Fsp3) is 0.636. The van der Waals surface area contributed by atoms with Crippen molar-refractivity contribution in [3.63, 3.8) is 0 Å². The normalized spacial score (nSPS) is 10.7. The molecular formula is C11H19NO3. The van der Waals surface area contributed by atoms with Gasteiger partial charge in [0.2, 0.25) is 5.91 Å². The maximum Gasteiger partial charge on any atom is 0.330 e. The highest BCUT2D eigenvalue weighted by molar-refractivity contribution is 5.94. The van der Waals surface area contributed by atoms with Crippen LogP contribution in [0.1, 0.15) is 33.6 Å². The third kappa shape index (κ3) is 9.00. The second-order valence-electron chi connectivity index (χ2n) is 3.52. The molecule has 0 radical (unpaired) electrons. The van der Waals surface area contributed by atoms with Crippen LogP contribution in [0.25, 0.3) is 0 Å². The Morgan fingerprint density at radius 1 is 1.33 bits per heavy atom. The maximum atomic E-state index is 11.1. The van der Waals surface area contributed by atoms with Crippen molar-refractivity contribution in [3.8, 4) is 0 Å². The minimum absolute atomic E-state index is 0.0678. The molecule has 0 aromatic carbocycles. The standard InChI is InChI=1S/C11H19NO3/c1-4-5-8-15-11(14)7-6-10(13)12-9(2)3/h6-7,9H,4-5,8H2,1-3H3,(H,12,13). The quantitative estimate of drug-likeness (QED) is 0.412. The number of esters is 1. The van der Waals surface area contributed by atoms with Crippen LogP contribution in [0.4, 0.5) is 0 Å². The monoisotopic (exact) mass is 213 g/mol. The lowest BCUT2D eigenvalue weighted by Gasteiger charge is -2.04. The first kappa shape index (κ1) is 13.7. The van der Waals surface area contributed by atoms with E-state index >= 15 is 0 Å². The first-order valence-electron chi connectivity index (χ1n) is 5.21. The van der Waals surface area contributed by atoms with Crippen molar-refractivity contribution in [1.82, 2.24) is 5.32 Å². The molecule has 1 N–H and O–H groups in total. The first-order chi connectivity index (χ1) is 7.06. The van der Waals surface area contributed by atoms with E-state index in [-0.39, 0.29) is 11.9 Å². The molecule has 0 spiro atoms. The molecule has 0 rings (SSSR count). The van der Waals surface area contributed by atoms with Gasteiger partial charge in [0.05, 0.1) is 6.61 Å². The molecule has 0 heterocycles. The van der Waals surface area contributed by atoms with Crippen molar-refractivity contribution in [2.45, 2.75) is 39.7 Å².